The molecule has 0 aromatic heterocycles. The highest BCUT2D eigenvalue weighted by Gasteiger charge is 2.14. The van der Waals surface area contributed by atoms with Gasteiger partial charge in [-0.15, -0.1) is 0 Å². The molecule has 0 spiro atoms. The third-order valence-electron chi connectivity index (χ3n) is 4.73. The van der Waals surface area contributed by atoms with Crippen LogP contribution in [0.4, 0.5) is 5.69 Å². The second-order valence-electron chi connectivity index (χ2n) is 6.79. The van der Waals surface area contributed by atoms with Crippen LogP contribution in [0.5, 0.6) is 5.75 Å². The lowest BCUT2D eigenvalue weighted by atomic mass is 10.0. The monoisotopic (exact) mass is 416 g/mol. The first-order chi connectivity index (χ1) is 14.5. The Bertz CT molecular complexity index is 1320. The van der Waals surface area contributed by atoms with Crippen LogP contribution >= 0.6 is 0 Å². The van der Waals surface area contributed by atoms with Crippen molar-refractivity contribution in [2.45, 2.75) is 11.4 Å². The van der Waals surface area contributed by atoms with Crippen LogP contribution in [0, 0.1) is 0 Å². The zero-order chi connectivity index (χ0) is 21.0. The van der Waals surface area contributed by atoms with Crippen molar-refractivity contribution in [3.63, 3.8) is 0 Å². The summed E-state index contributed by atoms with van der Waals surface area (Å²) in [6.45, 7) is 0.209. The van der Waals surface area contributed by atoms with E-state index in [1.165, 1.54) is 12.1 Å². The fraction of sp³-hybridized carbons (Fsp3) is 0.0417. The summed E-state index contributed by atoms with van der Waals surface area (Å²) >= 11 is 0. The molecule has 4 aromatic rings. The second-order valence-corrected chi connectivity index (χ2v) is 8.55. The lowest BCUT2D eigenvalue weighted by Gasteiger charge is -2.08. The van der Waals surface area contributed by atoms with Crippen molar-refractivity contribution in [1.29, 1.82) is 0 Å². The number of sulfonamides is 1. The van der Waals surface area contributed by atoms with Gasteiger partial charge in [-0.05, 0) is 40.6 Å². The fourth-order valence-electron chi connectivity index (χ4n) is 3.15. The number of aromatic hydroxyl groups is 1. The van der Waals surface area contributed by atoms with Gasteiger partial charge in [-0.25, -0.2) is 13.1 Å². The van der Waals surface area contributed by atoms with Crippen LogP contribution in [0.25, 0.3) is 10.8 Å². The maximum absolute atomic E-state index is 12.7. The SMILES string of the molecule is O=S(=O)(NCc1ccccc1)c1cccc(N=Cc2c(O)ccc3ccccc23)c1. The van der Waals surface area contributed by atoms with Crippen molar-refractivity contribution < 1.29 is 13.5 Å². The minimum Gasteiger partial charge on any atom is -0.507 e. The van der Waals surface area contributed by atoms with Crippen LogP contribution in [-0.4, -0.2) is 19.7 Å². The van der Waals surface area contributed by atoms with E-state index in [-0.39, 0.29) is 17.2 Å². The first-order valence-corrected chi connectivity index (χ1v) is 10.9. The number of fused-ring (bicyclic) bond motifs is 1. The molecule has 0 bridgehead atoms. The maximum atomic E-state index is 12.7. The second kappa shape index (κ2) is 8.49. The molecule has 30 heavy (non-hydrogen) atoms. The van der Waals surface area contributed by atoms with E-state index in [1.807, 2.05) is 60.7 Å². The fourth-order valence-corrected chi connectivity index (χ4v) is 4.20. The highest BCUT2D eigenvalue weighted by Crippen LogP contribution is 2.26. The van der Waals surface area contributed by atoms with E-state index >= 15 is 0 Å². The molecular weight excluding hydrogens is 396 g/mol. The van der Waals surface area contributed by atoms with Gasteiger partial charge in [0.25, 0.3) is 0 Å². The van der Waals surface area contributed by atoms with Gasteiger partial charge in [0.15, 0.2) is 0 Å². The smallest absolute Gasteiger partial charge is 0.240 e. The van der Waals surface area contributed by atoms with Crippen molar-refractivity contribution in [2.24, 2.45) is 4.99 Å². The molecule has 5 nitrogen and oxygen atoms in total. The van der Waals surface area contributed by atoms with E-state index < -0.39 is 10.0 Å². The van der Waals surface area contributed by atoms with Crippen molar-refractivity contribution in [3.05, 3.63) is 102 Å². The van der Waals surface area contributed by atoms with Crippen LogP contribution < -0.4 is 4.72 Å². The van der Waals surface area contributed by atoms with Gasteiger partial charge < -0.3 is 5.11 Å². The lowest BCUT2D eigenvalue weighted by Crippen LogP contribution is -2.23. The number of nitrogens with one attached hydrogen (secondary N) is 1. The summed E-state index contributed by atoms with van der Waals surface area (Å²) in [6.07, 6.45) is 1.56. The zero-order valence-corrected chi connectivity index (χ0v) is 16.9. The molecule has 4 rings (SSSR count). The van der Waals surface area contributed by atoms with Crippen molar-refractivity contribution >= 4 is 32.7 Å². The molecule has 0 saturated heterocycles. The Hall–Kier alpha value is -3.48. The standard InChI is InChI=1S/C24H20N2O3S/c27-24-14-13-19-9-4-5-12-22(19)23(24)17-25-20-10-6-11-21(15-20)30(28,29)26-16-18-7-2-1-3-8-18/h1-15,17,26-27H,16H2. The van der Waals surface area contributed by atoms with E-state index in [9.17, 15) is 13.5 Å². The Labute approximate surface area is 175 Å². The molecule has 4 aromatic carbocycles. The van der Waals surface area contributed by atoms with E-state index in [1.54, 1.807) is 24.4 Å². The lowest BCUT2D eigenvalue weighted by molar-refractivity contribution is 0.475. The number of hydrogen-bond donors (Lipinski definition) is 2. The molecule has 0 fully saturated rings. The quantitative estimate of drug-likeness (QED) is 0.444. The molecule has 0 aliphatic heterocycles. The number of benzene rings is 4. The molecule has 6 heteroatoms. The average Bonchev–Trinajstić information content (AvgIpc) is 2.78. The predicted molar refractivity (Wildman–Crippen MR) is 120 cm³/mol. The molecule has 0 radical (unpaired) electrons. The summed E-state index contributed by atoms with van der Waals surface area (Å²) < 4.78 is 27.9. The molecule has 0 unspecified atom stereocenters. The minimum absolute atomic E-state index is 0.116. The maximum Gasteiger partial charge on any atom is 0.240 e. The van der Waals surface area contributed by atoms with Gasteiger partial charge in [0.1, 0.15) is 5.75 Å². The molecule has 2 N–H and O–H groups in total. The van der Waals surface area contributed by atoms with E-state index in [0.717, 1.165) is 16.3 Å². The summed E-state index contributed by atoms with van der Waals surface area (Å²) in [5.41, 5.74) is 1.94. The van der Waals surface area contributed by atoms with Crippen LogP contribution in [0.2, 0.25) is 0 Å². The van der Waals surface area contributed by atoms with Gasteiger partial charge in [-0.2, -0.15) is 0 Å². The van der Waals surface area contributed by atoms with Gasteiger partial charge >= 0.3 is 0 Å². The summed E-state index contributed by atoms with van der Waals surface area (Å²) in [5, 5.41) is 12.1. The van der Waals surface area contributed by atoms with Gasteiger partial charge in [0, 0.05) is 18.3 Å². The van der Waals surface area contributed by atoms with Gasteiger partial charge in [0.2, 0.25) is 10.0 Å². The van der Waals surface area contributed by atoms with E-state index in [2.05, 4.69) is 9.71 Å². The first kappa shape index (κ1) is 19.8. The minimum atomic E-state index is -3.68. The van der Waals surface area contributed by atoms with Crippen LogP contribution in [0.3, 0.4) is 0 Å². The number of phenolic OH excluding ortho intramolecular Hbond substituents is 1. The van der Waals surface area contributed by atoms with Gasteiger partial charge in [-0.3, -0.25) is 4.99 Å². The Morgan fingerprint density at radius 3 is 2.47 bits per heavy atom. The Morgan fingerprint density at radius 2 is 1.63 bits per heavy atom. The molecule has 0 heterocycles. The summed E-state index contributed by atoms with van der Waals surface area (Å²) in [6, 6.07) is 26.9. The number of nitrogens with zero attached hydrogens (tertiary/aromatic N) is 1. The molecular formula is C24H20N2O3S. The normalized spacial score (nSPS) is 11.9. The largest absolute Gasteiger partial charge is 0.507 e. The third kappa shape index (κ3) is 4.40. The summed E-state index contributed by atoms with van der Waals surface area (Å²) in [4.78, 5) is 4.54. The molecule has 0 amide bonds. The van der Waals surface area contributed by atoms with Crippen molar-refractivity contribution in [1.82, 2.24) is 4.72 Å². The molecule has 150 valence electrons. The number of hydrogen-bond acceptors (Lipinski definition) is 4. The van der Waals surface area contributed by atoms with Crippen molar-refractivity contribution in [3.8, 4) is 5.75 Å². The topological polar surface area (TPSA) is 78.8 Å². The van der Waals surface area contributed by atoms with Crippen molar-refractivity contribution in [2.75, 3.05) is 0 Å². The zero-order valence-electron chi connectivity index (χ0n) is 16.1. The van der Waals surface area contributed by atoms with Crippen LogP contribution in [0.15, 0.2) is 101 Å². The van der Waals surface area contributed by atoms with Gasteiger partial charge in [-0.1, -0.05) is 66.7 Å². The molecule has 0 atom stereocenters. The van der Waals surface area contributed by atoms with E-state index in [4.69, 9.17) is 0 Å². The number of aliphatic imine (C=N–C) groups is 1. The van der Waals surface area contributed by atoms with Gasteiger partial charge in [0.05, 0.1) is 10.6 Å². The molecule has 0 aliphatic carbocycles. The summed E-state index contributed by atoms with van der Waals surface area (Å²) in [7, 11) is -3.68. The Kier molecular flexibility index (Phi) is 5.61. The number of rotatable bonds is 6. The third-order valence-corrected chi connectivity index (χ3v) is 6.13. The van der Waals surface area contributed by atoms with Crippen LogP contribution in [-0.2, 0) is 16.6 Å². The highest BCUT2D eigenvalue weighted by atomic mass is 32.2. The molecule has 0 saturated carbocycles. The molecule has 0 aliphatic rings. The first-order valence-electron chi connectivity index (χ1n) is 9.41. The Morgan fingerprint density at radius 1 is 0.867 bits per heavy atom. The van der Waals surface area contributed by atoms with Crippen LogP contribution in [0.1, 0.15) is 11.1 Å². The highest BCUT2D eigenvalue weighted by molar-refractivity contribution is 7.89. The average molecular weight is 417 g/mol. The summed E-state index contributed by atoms with van der Waals surface area (Å²) in [5.74, 6) is 0.116. The Balaban J connectivity index is 1.59. The van der Waals surface area contributed by atoms with E-state index in [0.29, 0.717) is 11.3 Å². The predicted octanol–water partition coefficient (Wildman–Crippen LogP) is 4.77. The number of phenols is 1.